The SMILES string of the molecule is C=CC1=NC2CC(=C)/N=C(/C=C)c3c(ccc4c3oc3cc(-c5ccccc5)ccc34)CCC2c2ccc(F)cc21. The zero-order valence-corrected chi connectivity index (χ0v) is 22.7. The van der Waals surface area contributed by atoms with Gasteiger partial charge in [0.2, 0.25) is 0 Å². The van der Waals surface area contributed by atoms with Crippen molar-refractivity contribution in [3.63, 3.8) is 0 Å². The minimum absolute atomic E-state index is 0.0591. The van der Waals surface area contributed by atoms with Crippen LogP contribution in [-0.2, 0) is 6.42 Å². The Morgan fingerprint density at radius 3 is 2.46 bits per heavy atom. The van der Waals surface area contributed by atoms with Crippen LogP contribution in [0.15, 0.2) is 131 Å². The van der Waals surface area contributed by atoms with Crippen LogP contribution in [0, 0.1) is 5.82 Å². The van der Waals surface area contributed by atoms with E-state index in [4.69, 9.17) is 14.4 Å². The molecule has 0 aliphatic carbocycles. The number of halogens is 1. The lowest BCUT2D eigenvalue weighted by Gasteiger charge is -2.32. The second-order valence-corrected chi connectivity index (χ2v) is 10.8. The standard InChI is InChI=1S/C37H29FN2O/c1-4-32-31-21-26(38)14-18-27(31)28-15-11-24-12-17-30-29-16-13-25(23-9-7-6-8-10-23)20-35(29)41-37(30)36(24)33(5-2)39-22(3)19-34(28)40-32/h4-10,12-14,16-18,20-21,28,34H,1-3,11,15,19H2/b39-33-. The van der Waals surface area contributed by atoms with E-state index in [1.54, 1.807) is 24.3 Å². The first-order valence-corrected chi connectivity index (χ1v) is 14.0. The number of allylic oxidation sites excluding steroid dienone is 2. The summed E-state index contributed by atoms with van der Waals surface area (Å²) in [5.41, 5.74) is 10.1. The molecule has 1 aromatic heterocycles. The summed E-state index contributed by atoms with van der Waals surface area (Å²) in [6, 6.07) is 26.0. The Morgan fingerprint density at radius 2 is 1.66 bits per heavy atom. The Hall–Kier alpha value is -4.83. The topological polar surface area (TPSA) is 37.9 Å². The second-order valence-electron chi connectivity index (χ2n) is 10.8. The Labute approximate surface area is 238 Å². The van der Waals surface area contributed by atoms with Gasteiger partial charge in [0.1, 0.15) is 17.0 Å². The van der Waals surface area contributed by atoms with Crippen LogP contribution in [0.2, 0.25) is 0 Å². The molecule has 0 saturated heterocycles. The first kappa shape index (κ1) is 25.2. The molecule has 7 rings (SSSR count). The molecule has 41 heavy (non-hydrogen) atoms. The van der Waals surface area contributed by atoms with Crippen LogP contribution in [0.3, 0.4) is 0 Å². The maximum atomic E-state index is 14.3. The maximum absolute atomic E-state index is 14.3. The van der Waals surface area contributed by atoms with E-state index in [1.165, 1.54) is 0 Å². The van der Waals surface area contributed by atoms with Crippen LogP contribution >= 0.6 is 0 Å². The molecule has 0 spiro atoms. The molecule has 0 radical (unpaired) electrons. The van der Waals surface area contributed by atoms with Crippen LogP contribution in [-0.4, -0.2) is 17.5 Å². The van der Waals surface area contributed by atoms with E-state index in [0.717, 1.165) is 85.3 Å². The fourth-order valence-corrected chi connectivity index (χ4v) is 6.47. The quantitative estimate of drug-likeness (QED) is 0.226. The van der Waals surface area contributed by atoms with E-state index in [1.807, 2.05) is 24.3 Å². The molecule has 0 saturated carbocycles. The first-order valence-electron chi connectivity index (χ1n) is 14.0. The minimum atomic E-state index is -0.269. The number of furan rings is 1. The van der Waals surface area contributed by atoms with Gasteiger partial charge in [-0.3, -0.25) is 9.98 Å². The smallest absolute Gasteiger partial charge is 0.145 e. The van der Waals surface area contributed by atoms with E-state index in [2.05, 4.69) is 62.2 Å². The van der Waals surface area contributed by atoms with Gasteiger partial charge in [-0.1, -0.05) is 74.3 Å². The van der Waals surface area contributed by atoms with Crippen LogP contribution in [0.1, 0.15) is 41.0 Å². The number of aryl methyl sites for hydroxylation is 1. The van der Waals surface area contributed by atoms with Crippen LogP contribution in [0.5, 0.6) is 0 Å². The van der Waals surface area contributed by atoms with Gasteiger partial charge in [0.25, 0.3) is 0 Å². The summed E-state index contributed by atoms with van der Waals surface area (Å²) >= 11 is 0. The molecule has 2 atom stereocenters. The third kappa shape index (κ3) is 4.27. The molecule has 2 aliphatic heterocycles. The number of hydrogen-bond acceptors (Lipinski definition) is 3. The second kappa shape index (κ2) is 9.97. The van der Waals surface area contributed by atoms with Crippen LogP contribution < -0.4 is 0 Å². The van der Waals surface area contributed by atoms with Crippen LogP contribution in [0.25, 0.3) is 33.1 Å². The van der Waals surface area contributed by atoms with Crippen LogP contribution in [0.4, 0.5) is 4.39 Å². The normalized spacial score (nSPS) is 19.9. The summed E-state index contributed by atoms with van der Waals surface area (Å²) in [4.78, 5) is 9.99. The van der Waals surface area contributed by atoms with Gasteiger partial charge >= 0.3 is 0 Å². The third-order valence-electron chi connectivity index (χ3n) is 8.39. The third-order valence-corrected chi connectivity index (χ3v) is 8.39. The monoisotopic (exact) mass is 536 g/mol. The molecular weight excluding hydrogens is 507 g/mol. The number of benzene rings is 4. The Kier molecular flexibility index (Phi) is 6.12. The molecule has 0 fully saturated rings. The molecule has 3 heterocycles. The number of aliphatic imine (C=N–C) groups is 2. The van der Waals surface area contributed by atoms with Crippen molar-refractivity contribution >= 4 is 33.4 Å². The van der Waals surface area contributed by atoms with Crippen molar-refractivity contribution in [2.45, 2.75) is 31.2 Å². The molecule has 2 aliphatic rings. The summed E-state index contributed by atoms with van der Waals surface area (Å²) in [6.45, 7) is 12.4. The lowest BCUT2D eigenvalue weighted by atomic mass is 9.78. The minimum Gasteiger partial charge on any atom is -0.455 e. The van der Waals surface area contributed by atoms with Crippen molar-refractivity contribution in [3.05, 3.63) is 145 Å². The van der Waals surface area contributed by atoms with E-state index < -0.39 is 0 Å². The Morgan fingerprint density at radius 1 is 0.854 bits per heavy atom. The molecule has 0 amide bonds. The van der Waals surface area contributed by atoms with Gasteiger partial charge in [0.05, 0.1) is 17.5 Å². The lowest BCUT2D eigenvalue weighted by Crippen LogP contribution is -2.27. The Balaban J connectivity index is 1.38. The first-order chi connectivity index (χ1) is 20.0. The number of fused-ring (bicyclic) bond motifs is 8. The average Bonchev–Trinajstić information content (AvgIpc) is 3.37. The van der Waals surface area contributed by atoms with Gasteiger partial charge in [-0.2, -0.15) is 0 Å². The highest BCUT2D eigenvalue weighted by Gasteiger charge is 2.32. The van der Waals surface area contributed by atoms with E-state index >= 15 is 0 Å². The predicted octanol–water partition coefficient (Wildman–Crippen LogP) is 9.36. The van der Waals surface area contributed by atoms with Crippen molar-refractivity contribution in [2.75, 3.05) is 0 Å². The van der Waals surface area contributed by atoms with Crippen molar-refractivity contribution in [3.8, 4) is 11.1 Å². The summed E-state index contributed by atoms with van der Waals surface area (Å²) < 4.78 is 20.9. The van der Waals surface area contributed by atoms with E-state index in [9.17, 15) is 4.39 Å². The highest BCUT2D eigenvalue weighted by molar-refractivity contribution is 6.20. The summed E-state index contributed by atoms with van der Waals surface area (Å²) in [7, 11) is 0. The van der Waals surface area contributed by atoms with E-state index in [0.29, 0.717) is 6.42 Å². The molecule has 200 valence electrons. The van der Waals surface area contributed by atoms with Gasteiger partial charge in [-0.05, 0) is 71.5 Å². The van der Waals surface area contributed by atoms with Crippen molar-refractivity contribution in [1.82, 2.24) is 0 Å². The highest BCUT2D eigenvalue weighted by atomic mass is 19.1. The average molecular weight is 537 g/mol. The van der Waals surface area contributed by atoms with Crippen molar-refractivity contribution in [2.24, 2.45) is 9.98 Å². The van der Waals surface area contributed by atoms with Gasteiger partial charge < -0.3 is 4.42 Å². The van der Waals surface area contributed by atoms with Gasteiger partial charge in [-0.15, -0.1) is 0 Å². The summed E-state index contributed by atoms with van der Waals surface area (Å²) in [5.74, 6) is -0.173. The zero-order valence-electron chi connectivity index (χ0n) is 22.7. The predicted molar refractivity (Wildman–Crippen MR) is 168 cm³/mol. The maximum Gasteiger partial charge on any atom is 0.145 e. The molecular formula is C37H29FN2O. The molecule has 5 aromatic rings. The molecule has 3 nitrogen and oxygen atoms in total. The van der Waals surface area contributed by atoms with Gasteiger partial charge in [-0.25, -0.2) is 4.39 Å². The van der Waals surface area contributed by atoms with E-state index in [-0.39, 0.29) is 17.8 Å². The number of nitrogens with zero attached hydrogens (tertiary/aromatic N) is 2. The number of hydrogen-bond donors (Lipinski definition) is 0. The summed E-state index contributed by atoms with van der Waals surface area (Å²) in [6.07, 6.45) is 5.72. The lowest BCUT2D eigenvalue weighted by molar-refractivity contribution is 0.488. The molecule has 4 heteroatoms. The highest BCUT2D eigenvalue weighted by Crippen LogP contribution is 2.41. The van der Waals surface area contributed by atoms with Gasteiger partial charge in [0, 0.05) is 39.9 Å². The van der Waals surface area contributed by atoms with Crippen molar-refractivity contribution < 1.29 is 8.81 Å². The largest absolute Gasteiger partial charge is 0.455 e. The molecule has 0 bridgehead atoms. The fourth-order valence-electron chi connectivity index (χ4n) is 6.47. The zero-order chi connectivity index (χ0) is 28.1. The number of rotatable bonds is 3. The van der Waals surface area contributed by atoms with Crippen molar-refractivity contribution in [1.29, 1.82) is 0 Å². The molecule has 2 unspecified atom stereocenters. The summed E-state index contributed by atoms with van der Waals surface area (Å²) in [5, 5.41) is 2.11. The molecule has 0 N–H and O–H groups in total. The molecule has 4 aromatic carbocycles. The van der Waals surface area contributed by atoms with Gasteiger partial charge in [0.15, 0.2) is 0 Å². The fraction of sp³-hybridized carbons (Fsp3) is 0.135. The Bertz CT molecular complexity index is 1940.